The number of aromatic nitrogens is 2. The van der Waals surface area contributed by atoms with Crippen molar-refractivity contribution in [3.8, 4) is 0 Å². The zero-order valence-corrected chi connectivity index (χ0v) is 14.8. The second-order valence-electron chi connectivity index (χ2n) is 2.51. The summed E-state index contributed by atoms with van der Waals surface area (Å²) in [5.41, 5.74) is 1.90. The molecule has 0 unspecified atom stereocenters. The minimum Gasteiger partial charge on any atom is -0.332 e. The Morgan fingerprint density at radius 2 is 1.50 bits per heavy atom. The first-order valence-electron chi connectivity index (χ1n) is 3.39. The number of nitrogens with one attached hydrogen (secondary N) is 1. The number of aromatic amines is 1. The van der Waals surface area contributed by atoms with Gasteiger partial charge in [0.15, 0.2) is 3.83 Å². The Morgan fingerprint density at radius 1 is 0.929 bits per heavy atom. The number of halogens is 5. The molecular weight excluding hydrogens is 559 g/mol. The molecular formula is C7HBr4IN2. The largest absolute Gasteiger partial charge is 0.332 e. The van der Waals surface area contributed by atoms with Crippen LogP contribution in [0, 0.1) is 3.83 Å². The number of rotatable bonds is 0. The van der Waals surface area contributed by atoms with Gasteiger partial charge in [-0.3, -0.25) is 0 Å². The highest BCUT2D eigenvalue weighted by Crippen LogP contribution is 2.42. The molecule has 7 heteroatoms. The summed E-state index contributed by atoms with van der Waals surface area (Å²) in [6.45, 7) is 0. The molecule has 1 heterocycles. The van der Waals surface area contributed by atoms with Crippen LogP contribution in [0.5, 0.6) is 0 Å². The van der Waals surface area contributed by atoms with Crippen molar-refractivity contribution < 1.29 is 0 Å². The van der Waals surface area contributed by atoms with Gasteiger partial charge in [0.2, 0.25) is 0 Å². The molecule has 0 saturated heterocycles. The van der Waals surface area contributed by atoms with Gasteiger partial charge in [0.25, 0.3) is 0 Å². The SMILES string of the molecule is Brc1c(Br)c(Br)c2[nH]c(I)nc2c1Br. The van der Waals surface area contributed by atoms with Crippen molar-refractivity contribution in [2.45, 2.75) is 0 Å². The minimum atomic E-state index is 0.865. The number of H-pyrrole nitrogens is 1. The molecule has 0 radical (unpaired) electrons. The van der Waals surface area contributed by atoms with Gasteiger partial charge in [-0.15, -0.1) is 0 Å². The lowest BCUT2D eigenvalue weighted by Gasteiger charge is -2.03. The Hall–Kier alpha value is 1.34. The van der Waals surface area contributed by atoms with E-state index in [0.29, 0.717) is 0 Å². The van der Waals surface area contributed by atoms with Crippen molar-refractivity contribution in [1.82, 2.24) is 9.97 Å². The van der Waals surface area contributed by atoms with Crippen LogP contribution in [0.25, 0.3) is 11.0 Å². The molecule has 2 aromatic rings. The van der Waals surface area contributed by atoms with Crippen molar-refractivity contribution in [1.29, 1.82) is 0 Å². The van der Waals surface area contributed by atoms with Crippen LogP contribution < -0.4 is 0 Å². The summed E-state index contributed by atoms with van der Waals surface area (Å²) in [5.74, 6) is 0. The van der Waals surface area contributed by atoms with Crippen molar-refractivity contribution >= 4 is 97.3 Å². The maximum atomic E-state index is 4.38. The molecule has 2 rings (SSSR count). The molecule has 0 spiro atoms. The molecule has 0 aliphatic carbocycles. The highest BCUT2D eigenvalue weighted by molar-refractivity contribution is 14.1. The second kappa shape index (κ2) is 4.31. The van der Waals surface area contributed by atoms with Crippen LogP contribution in [0.2, 0.25) is 0 Å². The molecule has 0 fully saturated rings. The molecule has 0 aliphatic heterocycles. The molecule has 14 heavy (non-hydrogen) atoms. The normalized spacial score (nSPS) is 11.2. The second-order valence-corrected chi connectivity index (χ2v) is 6.70. The number of imidazole rings is 1. The lowest BCUT2D eigenvalue weighted by Crippen LogP contribution is -1.80. The van der Waals surface area contributed by atoms with E-state index in [9.17, 15) is 0 Å². The molecule has 1 aromatic heterocycles. The van der Waals surface area contributed by atoms with Crippen molar-refractivity contribution in [2.24, 2.45) is 0 Å². The summed E-state index contributed by atoms with van der Waals surface area (Å²) < 4.78 is 4.71. The first-order chi connectivity index (χ1) is 6.52. The number of nitrogens with zero attached hydrogens (tertiary/aromatic N) is 1. The molecule has 74 valence electrons. The minimum absolute atomic E-state index is 0.865. The van der Waals surface area contributed by atoms with E-state index in [2.05, 4.69) is 96.3 Å². The molecule has 0 bridgehead atoms. The van der Waals surface area contributed by atoms with E-state index in [0.717, 1.165) is 32.8 Å². The van der Waals surface area contributed by atoms with E-state index < -0.39 is 0 Å². The van der Waals surface area contributed by atoms with Crippen LogP contribution in [0.3, 0.4) is 0 Å². The number of hydrogen-bond donors (Lipinski definition) is 1. The smallest absolute Gasteiger partial charge is 0.169 e. The van der Waals surface area contributed by atoms with Gasteiger partial charge in [0.1, 0.15) is 5.52 Å². The van der Waals surface area contributed by atoms with E-state index in [4.69, 9.17) is 0 Å². The van der Waals surface area contributed by atoms with Crippen molar-refractivity contribution in [3.05, 3.63) is 21.7 Å². The summed E-state index contributed by atoms with van der Waals surface area (Å²) in [6.07, 6.45) is 0. The van der Waals surface area contributed by atoms with Gasteiger partial charge in [-0.1, -0.05) is 0 Å². The molecule has 1 aromatic carbocycles. The quantitative estimate of drug-likeness (QED) is 0.268. The highest BCUT2D eigenvalue weighted by Gasteiger charge is 2.16. The fourth-order valence-electron chi connectivity index (χ4n) is 1.07. The summed E-state index contributed by atoms with van der Waals surface area (Å²) in [4.78, 5) is 7.56. The summed E-state index contributed by atoms with van der Waals surface area (Å²) in [6, 6.07) is 0. The fourth-order valence-corrected chi connectivity index (χ4v) is 3.86. The Labute approximate surface area is 127 Å². The first kappa shape index (κ1) is 11.8. The topological polar surface area (TPSA) is 28.7 Å². The van der Waals surface area contributed by atoms with E-state index in [-0.39, 0.29) is 0 Å². The lowest BCUT2D eigenvalue weighted by atomic mass is 10.3. The summed E-state index contributed by atoms with van der Waals surface area (Å²) in [7, 11) is 0. The monoisotopic (exact) mass is 556 g/mol. The van der Waals surface area contributed by atoms with Gasteiger partial charge in [-0.25, -0.2) is 4.98 Å². The molecule has 1 N–H and O–H groups in total. The third-order valence-electron chi connectivity index (χ3n) is 1.68. The Balaban J connectivity index is 3.01. The molecule has 2 nitrogen and oxygen atoms in total. The average Bonchev–Trinajstić information content (AvgIpc) is 2.54. The lowest BCUT2D eigenvalue weighted by molar-refractivity contribution is 1.26. The molecule has 0 amide bonds. The van der Waals surface area contributed by atoms with Gasteiger partial charge in [-0.2, -0.15) is 0 Å². The predicted molar refractivity (Wildman–Crippen MR) is 79.6 cm³/mol. The maximum absolute atomic E-state index is 4.38. The maximum Gasteiger partial charge on any atom is 0.169 e. The molecule has 0 atom stereocenters. The van der Waals surface area contributed by atoms with Crippen LogP contribution in [-0.4, -0.2) is 9.97 Å². The van der Waals surface area contributed by atoms with Crippen LogP contribution in [-0.2, 0) is 0 Å². The third kappa shape index (κ3) is 1.83. The predicted octanol–water partition coefficient (Wildman–Crippen LogP) is 5.22. The standard InChI is InChI=1S/C7HBr4IN2/c8-1-2(9)4(11)6-5(3(1)10)13-7(12)14-6/h(H,13,14). The van der Waals surface area contributed by atoms with Crippen LogP contribution >= 0.6 is 86.3 Å². The number of hydrogen-bond acceptors (Lipinski definition) is 1. The number of fused-ring (bicyclic) bond motifs is 1. The summed E-state index contributed by atoms with van der Waals surface area (Å²) in [5, 5.41) is 0. The summed E-state index contributed by atoms with van der Waals surface area (Å²) >= 11 is 16.1. The van der Waals surface area contributed by atoms with E-state index in [1.165, 1.54) is 0 Å². The van der Waals surface area contributed by atoms with Crippen LogP contribution in [0.15, 0.2) is 17.9 Å². The molecule has 0 saturated carbocycles. The zero-order valence-electron chi connectivity index (χ0n) is 6.34. The Kier molecular flexibility index (Phi) is 3.64. The van der Waals surface area contributed by atoms with E-state index >= 15 is 0 Å². The molecule has 0 aliphatic rings. The Morgan fingerprint density at radius 3 is 2.14 bits per heavy atom. The average molecular weight is 560 g/mol. The van der Waals surface area contributed by atoms with Crippen LogP contribution in [0.1, 0.15) is 0 Å². The zero-order chi connectivity index (χ0) is 10.5. The van der Waals surface area contributed by atoms with Gasteiger partial charge in [0, 0.05) is 8.95 Å². The fraction of sp³-hybridized carbons (Fsp3) is 0. The van der Waals surface area contributed by atoms with E-state index in [1.807, 2.05) is 0 Å². The Bertz CT molecular complexity index is 477. The van der Waals surface area contributed by atoms with Crippen molar-refractivity contribution in [3.63, 3.8) is 0 Å². The van der Waals surface area contributed by atoms with Gasteiger partial charge < -0.3 is 4.98 Å². The number of benzene rings is 1. The van der Waals surface area contributed by atoms with Gasteiger partial charge >= 0.3 is 0 Å². The van der Waals surface area contributed by atoms with Crippen LogP contribution in [0.4, 0.5) is 0 Å². The van der Waals surface area contributed by atoms with Gasteiger partial charge in [0.05, 0.1) is 14.5 Å². The first-order valence-corrected chi connectivity index (χ1v) is 7.64. The highest BCUT2D eigenvalue weighted by atomic mass is 127. The van der Waals surface area contributed by atoms with E-state index in [1.54, 1.807) is 0 Å². The van der Waals surface area contributed by atoms with Crippen molar-refractivity contribution in [2.75, 3.05) is 0 Å². The third-order valence-corrected chi connectivity index (χ3v) is 6.94. The van der Waals surface area contributed by atoms with Gasteiger partial charge in [-0.05, 0) is 86.3 Å².